The first-order valence-corrected chi connectivity index (χ1v) is 9.12. The van der Waals surface area contributed by atoms with E-state index < -0.39 is 14.8 Å². The second-order valence-corrected chi connectivity index (χ2v) is 7.13. The second-order valence-electron chi connectivity index (χ2n) is 4.45. The smallest absolute Gasteiger partial charge is 0.374 e. The van der Waals surface area contributed by atoms with Crippen LogP contribution in [0.25, 0.3) is 0 Å². The monoisotopic (exact) mass is 307 g/mol. The zero-order valence-corrected chi connectivity index (χ0v) is 13.8. The Morgan fingerprint density at radius 3 is 2.35 bits per heavy atom. The lowest BCUT2D eigenvalue weighted by Crippen LogP contribution is -2.48. The lowest BCUT2D eigenvalue weighted by Gasteiger charge is -2.31. The van der Waals surface area contributed by atoms with E-state index >= 15 is 0 Å². The van der Waals surface area contributed by atoms with E-state index in [1.54, 1.807) is 0 Å². The van der Waals surface area contributed by atoms with E-state index in [1.807, 2.05) is 20.8 Å². The molecular weight excluding hydrogens is 278 g/mol. The van der Waals surface area contributed by atoms with Crippen LogP contribution in [0.1, 0.15) is 33.6 Å². The summed E-state index contributed by atoms with van der Waals surface area (Å²) in [6.45, 7) is 7.92. The molecule has 0 spiro atoms. The van der Waals surface area contributed by atoms with E-state index in [1.165, 1.54) is 0 Å². The Hall–Kier alpha value is -0.673. The lowest BCUT2D eigenvalue weighted by atomic mass is 10.3. The summed E-state index contributed by atoms with van der Waals surface area (Å²) in [4.78, 5) is 10.6. The number of amides is 2. The van der Waals surface area contributed by atoms with Crippen LogP contribution in [0.4, 0.5) is 4.79 Å². The average molecular weight is 307 g/mol. The third kappa shape index (κ3) is 8.49. The molecule has 0 aliphatic carbocycles. The predicted molar refractivity (Wildman–Crippen MR) is 80.2 cm³/mol. The molecule has 0 aliphatic heterocycles. The van der Waals surface area contributed by atoms with Gasteiger partial charge in [-0.25, -0.2) is 4.79 Å². The molecule has 8 heteroatoms. The lowest BCUT2D eigenvalue weighted by molar-refractivity contribution is 0.0357. The number of rotatable bonds is 12. The summed E-state index contributed by atoms with van der Waals surface area (Å²) in [7, 11) is -2.68. The molecule has 0 rings (SSSR count). The van der Waals surface area contributed by atoms with Crippen molar-refractivity contribution in [2.24, 2.45) is 11.5 Å². The predicted octanol–water partition coefficient (Wildman–Crippen LogP) is 0.811. The molecule has 0 fully saturated rings. The quantitative estimate of drug-likeness (QED) is 0.462. The maximum atomic E-state index is 10.6. The van der Waals surface area contributed by atoms with Crippen LogP contribution in [0.2, 0.25) is 6.04 Å². The minimum Gasteiger partial charge on any atom is -0.374 e. The second kappa shape index (κ2) is 11.0. The maximum Gasteiger partial charge on any atom is 0.501 e. The normalized spacial score (nSPS) is 13.2. The summed E-state index contributed by atoms with van der Waals surface area (Å²) in [6.07, 6.45) is 1.38. The SMILES string of the molecule is CCO[Si](CCCN)(OCC)OC(C)CCNC(N)=O. The standard InChI is InChI=1S/C12H29N3O4Si/c1-4-17-20(18-5-2,10-6-8-13)19-11(3)7-9-15-12(14)16/h11H,4-10,13H2,1-3H3,(H3,14,15,16). The van der Waals surface area contributed by atoms with Gasteiger partial charge in [-0.05, 0) is 40.2 Å². The zero-order chi connectivity index (χ0) is 15.4. The van der Waals surface area contributed by atoms with Gasteiger partial charge in [0, 0.05) is 31.9 Å². The van der Waals surface area contributed by atoms with Gasteiger partial charge in [-0.15, -0.1) is 0 Å². The molecule has 0 bridgehead atoms. The van der Waals surface area contributed by atoms with E-state index in [4.69, 9.17) is 24.7 Å². The van der Waals surface area contributed by atoms with Crippen molar-refractivity contribution >= 4 is 14.8 Å². The van der Waals surface area contributed by atoms with Crippen molar-refractivity contribution in [1.29, 1.82) is 0 Å². The number of nitrogens with two attached hydrogens (primary N) is 2. The van der Waals surface area contributed by atoms with Crippen molar-refractivity contribution < 1.29 is 18.1 Å². The first-order valence-electron chi connectivity index (χ1n) is 7.18. The molecule has 7 nitrogen and oxygen atoms in total. The molecule has 0 aliphatic rings. The maximum absolute atomic E-state index is 10.6. The summed E-state index contributed by atoms with van der Waals surface area (Å²) >= 11 is 0. The van der Waals surface area contributed by atoms with E-state index in [9.17, 15) is 4.79 Å². The van der Waals surface area contributed by atoms with Crippen LogP contribution in [0.15, 0.2) is 0 Å². The summed E-state index contributed by atoms with van der Waals surface area (Å²) in [5.41, 5.74) is 10.6. The van der Waals surface area contributed by atoms with Crippen molar-refractivity contribution in [3.8, 4) is 0 Å². The third-order valence-corrected chi connectivity index (χ3v) is 5.83. The van der Waals surface area contributed by atoms with Crippen LogP contribution >= 0.6 is 0 Å². The molecular formula is C12H29N3O4Si. The fourth-order valence-electron chi connectivity index (χ4n) is 1.84. The van der Waals surface area contributed by atoms with Crippen molar-refractivity contribution in [3.05, 3.63) is 0 Å². The van der Waals surface area contributed by atoms with Crippen molar-refractivity contribution in [2.45, 2.75) is 45.8 Å². The van der Waals surface area contributed by atoms with Gasteiger partial charge in [0.1, 0.15) is 0 Å². The number of carbonyl (C=O) groups is 1. The molecule has 0 aromatic rings. The van der Waals surface area contributed by atoms with E-state index in [2.05, 4.69) is 5.32 Å². The first kappa shape index (κ1) is 19.3. The average Bonchev–Trinajstić information content (AvgIpc) is 2.36. The fraction of sp³-hybridized carbons (Fsp3) is 0.917. The summed E-state index contributed by atoms with van der Waals surface area (Å²) < 4.78 is 17.6. The highest BCUT2D eigenvalue weighted by atomic mass is 28.4. The van der Waals surface area contributed by atoms with Crippen LogP contribution in [-0.4, -0.2) is 47.2 Å². The number of carbonyl (C=O) groups excluding carboxylic acids is 1. The van der Waals surface area contributed by atoms with Gasteiger partial charge in [-0.2, -0.15) is 0 Å². The molecule has 120 valence electrons. The molecule has 2 amide bonds. The molecule has 0 radical (unpaired) electrons. The summed E-state index contributed by atoms with van der Waals surface area (Å²) in [5.74, 6) is 0. The van der Waals surface area contributed by atoms with Gasteiger partial charge < -0.3 is 30.1 Å². The minimum atomic E-state index is -2.68. The number of urea groups is 1. The van der Waals surface area contributed by atoms with Gasteiger partial charge in [0.2, 0.25) is 0 Å². The van der Waals surface area contributed by atoms with Crippen LogP contribution in [0.3, 0.4) is 0 Å². The van der Waals surface area contributed by atoms with Gasteiger partial charge in [-0.3, -0.25) is 0 Å². The molecule has 0 aromatic heterocycles. The Morgan fingerprint density at radius 2 is 1.90 bits per heavy atom. The fourth-order valence-corrected chi connectivity index (χ4v) is 4.71. The molecule has 0 heterocycles. The van der Waals surface area contributed by atoms with Crippen molar-refractivity contribution in [2.75, 3.05) is 26.3 Å². The molecule has 0 aromatic carbocycles. The largest absolute Gasteiger partial charge is 0.501 e. The van der Waals surface area contributed by atoms with Crippen LogP contribution in [0, 0.1) is 0 Å². The molecule has 20 heavy (non-hydrogen) atoms. The van der Waals surface area contributed by atoms with Gasteiger partial charge in [0.15, 0.2) is 0 Å². The molecule has 5 N–H and O–H groups in total. The van der Waals surface area contributed by atoms with Gasteiger partial charge in [0.25, 0.3) is 0 Å². The highest BCUT2D eigenvalue weighted by molar-refractivity contribution is 6.60. The van der Waals surface area contributed by atoms with Gasteiger partial charge >= 0.3 is 14.8 Å². The Labute approximate surface area is 122 Å². The summed E-state index contributed by atoms with van der Waals surface area (Å²) in [5, 5.41) is 2.54. The molecule has 0 saturated heterocycles. The van der Waals surface area contributed by atoms with Crippen LogP contribution in [-0.2, 0) is 13.3 Å². The topological polar surface area (TPSA) is 109 Å². The molecule has 1 unspecified atom stereocenters. The number of primary amides is 1. The number of nitrogens with one attached hydrogen (secondary N) is 1. The minimum absolute atomic E-state index is 0.0793. The van der Waals surface area contributed by atoms with Crippen molar-refractivity contribution in [1.82, 2.24) is 5.32 Å². The van der Waals surface area contributed by atoms with E-state index in [-0.39, 0.29) is 6.10 Å². The molecule has 1 atom stereocenters. The van der Waals surface area contributed by atoms with Gasteiger partial charge in [0.05, 0.1) is 0 Å². The van der Waals surface area contributed by atoms with Crippen molar-refractivity contribution in [3.63, 3.8) is 0 Å². The highest BCUT2D eigenvalue weighted by Gasteiger charge is 2.41. The van der Waals surface area contributed by atoms with Crippen LogP contribution in [0.5, 0.6) is 0 Å². The number of hydrogen-bond donors (Lipinski definition) is 3. The molecule has 0 saturated carbocycles. The zero-order valence-electron chi connectivity index (χ0n) is 12.8. The Bertz CT molecular complexity index is 263. The third-order valence-electron chi connectivity index (χ3n) is 2.65. The highest BCUT2D eigenvalue weighted by Crippen LogP contribution is 2.20. The Morgan fingerprint density at radius 1 is 1.30 bits per heavy atom. The van der Waals surface area contributed by atoms with E-state index in [0.29, 0.717) is 38.8 Å². The summed E-state index contributed by atoms with van der Waals surface area (Å²) in [6, 6.07) is 0.178. The van der Waals surface area contributed by atoms with E-state index in [0.717, 1.165) is 6.42 Å². The first-order chi connectivity index (χ1) is 9.49. The Kier molecular flexibility index (Phi) is 10.7. The number of hydrogen-bond acceptors (Lipinski definition) is 5. The van der Waals surface area contributed by atoms with Gasteiger partial charge in [-0.1, -0.05) is 0 Å². The Balaban J connectivity index is 4.45. The van der Waals surface area contributed by atoms with Crippen LogP contribution < -0.4 is 16.8 Å².